The van der Waals surface area contributed by atoms with Gasteiger partial charge in [-0.1, -0.05) is 28.8 Å². The number of hydrogen-bond donors (Lipinski definition) is 0. The molecule has 1 aromatic carbocycles. The maximum Gasteiger partial charge on any atom is 0.122 e. The second-order valence-electron chi connectivity index (χ2n) is 4.64. The highest BCUT2D eigenvalue weighted by Crippen LogP contribution is 2.27. The van der Waals surface area contributed by atoms with Gasteiger partial charge < -0.3 is 4.74 Å². The molecule has 0 spiro atoms. The molecule has 1 aromatic rings. The van der Waals surface area contributed by atoms with Gasteiger partial charge in [0.05, 0.1) is 6.10 Å². The van der Waals surface area contributed by atoms with E-state index in [0.717, 1.165) is 10.2 Å². The molecule has 0 saturated heterocycles. The van der Waals surface area contributed by atoms with Crippen LogP contribution in [0.3, 0.4) is 0 Å². The Kier molecular flexibility index (Phi) is 4.28. The van der Waals surface area contributed by atoms with Crippen LogP contribution in [0.5, 0.6) is 5.75 Å². The van der Waals surface area contributed by atoms with E-state index in [2.05, 4.69) is 41.1 Å². The number of benzene rings is 1. The molecule has 2 rings (SSSR count). The minimum atomic E-state index is 0.433. The Bertz CT molecular complexity index is 341. The molecule has 1 saturated carbocycles. The van der Waals surface area contributed by atoms with Gasteiger partial charge in [0.15, 0.2) is 0 Å². The summed E-state index contributed by atoms with van der Waals surface area (Å²) in [5.74, 6) is 1.05. The highest BCUT2D eigenvalue weighted by atomic mass is 79.9. The van der Waals surface area contributed by atoms with Crippen molar-refractivity contribution in [3.05, 3.63) is 28.2 Å². The van der Waals surface area contributed by atoms with Crippen LogP contribution in [0.25, 0.3) is 0 Å². The van der Waals surface area contributed by atoms with Gasteiger partial charge in [-0.25, -0.2) is 0 Å². The lowest BCUT2D eigenvalue weighted by molar-refractivity contribution is 0.182. The summed E-state index contributed by atoms with van der Waals surface area (Å²) in [7, 11) is 0. The van der Waals surface area contributed by atoms with Crippen LogP contribution in [0.1, 0.15) is 44.1 Å². The molecule has 16 heavy (non-hydrogen) atoms. The third-order valence-corrected chi connectivity index (χ3v) is 3.73. The first-order valence-electron chi connectivity index (χ1n) is 6.18. The van der Waals surface area contributed by atoms with Gasteiger partial charge >= 0.3 is 0 Å². The summed E-state index contributed by atoms with van der Waals surface area (Å²) in [5.41, 5.74) is 1.22. The van der Waals surface area contributed by atoms with Gasteiger partial charge in [-0.2, -0.15) is 0 Å². The highest BCUT2D eigenvalue weighted by Gasteiger charge is 2.14. The molecule has 0 aliphatic heterocycles. The fourth-order valence-electron chi connectivity index (χ4n) is 2.28. The van der Waals surface area contributed by atoms with E-state index in [-0.39, 0.29) is 0 Å². The van der Waals surface area contributed by atoms with E-state index in [9.17, 15) is 0 Å². The van der Waals surface area contributed by atoms with Crippen LogP contribution in [0, 0.1) is 6.92 Å². The number of hydrogen-bond acceptors (Lipinski definition) is 1. The largest absolute Gasteiger partial charge is 0.490 e. The predicted octanol–water partition coefficient (Wildman–Crippen LogP) is 4.86. The smallest absolute Gasteiger partial charge is 0.122 e. The Labute approximate surface area is 106 Å². The Balaban J connectivity index is 2.01. The molecular formula is C14H19BrO. The van der Waals surface area contributed by atoms with Crippen molar-refractivity contribution in [3.8, 4) is 5.75 Å². The van der Waals surface area contributed by atoms with Gasteiger partial charge in [0, 0.05) is 4.47 Å². The molecule has 0 bridgehead atoms. The topological polar surface area (TPSA) is 9.23 Å². The van der Waals surface area contributed by atoms with E-state index in [0.29, 0.717) is 6.10 Å². The van der Waals surface area contributed by atoms with Gasteiger partial charge in [0.25, 0.3) is 0 Å². The van der Waals surface area contributed by atoms with Crippen molar-refractivity contribution in [2.75, 3.05) is 0 Å². The third-order valence-electron chi connectivity index (χ3n) is 3.23. The van der Waals surface area contributed by atoms with E-state index >= 15 is 0 Å². The number of rotatable bonds is 2. The number of aryl methyl sites for hydroxylation is 1. The zero-order chi connectivity index (χ0) is 11.4. The monoisotopic (exact) mass is 282 g/mol. The van der Waals surface area contributed by atoms with E-state index in [1.54, 1.807) is 0 Å². The fraction of sp³-hybridized carbons (Fsp3) is 0.571. The predicted molar refractivity (Wildman–Crippen MR) is 71.0 cm³/mol. The highest BCUT2D eigenvalue weighted by molar-refractivity contribution is 9.10. The second-order valence-corrected chi connectivity index (χ2v) is 5.56. The number of halogens is 1. The maximum absolute atomic E-state index is 6.10. The van der Waals surface area contributed by atoms with Crippen LogP contribution in [-0.4, -0.2) is 6.10 Å². The van der Waals surface area contributed by atoms with E-state index < -0.39 is 0 Å². The molecule has 0 aromatic heterocycles. The van der Waals surface area contributed by atoms with E-state index in [1.807, 2.05) is 0 Å². The first-order valence-corrected chi connectivity index (χ1v) is 6.98. The molecular weight excluding hydrogens is 264 g/mol. The summed E-state index contributed by atoms with van der Waals surface area (Å²) in [6.45, 7) is 2.11. The molecule has 0 radical (unpaired) electrons. The molecule has 0 atom stereocenters. The van der Waals surface area contributed by atoms with Crippen LogP contribution >= 0.6 is 15.9 Å². The van der Waals surface area contributed by atoms with Crippen molar-refractivity contribution in [1.29, 1.82) is 0 Å². The van der Waals surface area contributed by atoms with Crippen molar-refractivity contribution in [2.45, 2.75) is 51.6 Å². The molecule has 2 heteroatoms. The van der Waals surface area contributed by atoms with Gasteiger partial charge in [-0.05, 0) is 56.4 Å². The molecule has 88 valence electrons. The molecule has 0 amide bonds. The van der Waals surface area contributed by atoms with Crippen LogP contribution in [0.15, 0.2) is 22.7 Å². The molecule has 1 aliphatic carbocycles. The lowest BCUT2D eigenvalue weighted by atomic mass is 10.1. The van der Waals surface area contributed by atoms with Crippen LogP contribution in [-0.2, 0) is 0 Å². The van der Waals surface area contributed by atoms with E-state index in [4.69, 9.17) is 4.74 Å². The molecule has 0 heterocycles. The first-order chi connectivity index (χ1) is 7.75. The summed E-state index contributed by atoms with van der Waals surface area (Å²) in [6, 6.07) is 6.25. The SMILES string of the molecule is Cc1cc(Br)ccc1OC1CCCCCC1. The average Bonchev–Trinajstić information content (AvgIpc) is 2.51. The van der Waals surface area contributed by atoms with Crippen LogP contribution < -0.4 is 4.74 Å². The average molecular weight is 283 g/mol. The minimum absolute atomic E-state index is 0.433. The fourth-order valence-corrected chi connectivity index (χ4v) is 2.76. The number of ether oxygens (including phenoxy) is 1. The summed E-state index contributed by atoms with van der Waals surface area (Å²) < 4.78 is 7.22. The Morgan fingerprint density at radius 2 is 1.81 bits per heavy atom. The molecule has 0 N–H and O–H groups in total. The molecule has 1 aliphatic rings. The molecule has 1 fully saturated rings. The lowest BCUT2D eigenvalue weighted by Crippen LogP contribution is -2.15. The normalized spacial score (nSPS) is 18.1. The lowest BCUT2D eigenvalue weighted by Gasteiger charge is -2.18. The Hall–Kier alpha value is -0.500. The second kappa shape index (κ2) is 5.72. The Morgan fingerprint density at radius 1 is 1.12 bits per heavy atom. The summed E-state index contributed by atoms with van der Waals surface area (Å²) in [6.07, 6.45) is 8.26. The molecule has 0 unspecified atom stereocenters. The van der Waals surface area contributed by atoms with Gasteiger partial charge in [-0.3, -0.25) is 0 Å². The van der Waals surface area contributed by atoms with Crippen LogP contribution in [0.4, 0.5) is 0 Å². The first kappa shape index (κ1) is 12.0. The zero-order valence-corrected chi connectivity index (χ0v) is 11.4. The van der Waals surface area contributed by atoms with Crippen molar-refractivity contribution in [1.82, 2.24) is 0 Å². The third kappa shape index (κ3) is 3.24. The zero-order valence-electron chi connectivity index (χ0n) is 9.84. The van der Waals surface area contributed by atoms with Crippen molar-refractivity contribution < 1.29 is 4.74 Å². The molecule has 1 nitrogen and oxygen atoms in total. The van der Waals surface area contributed by atoms with Crippen molar-refractivity contribution in [2.24, 2.45) is 0 Å². The van der Waals surface area contributed by atoms with E-state index in [1.165, 1.54) is 44.1 Å². The quantitative estimate of drug-likeness (QED) is 0.704. The van der Waals surface area contributed by atoms with Crippen molar-refractivity contribution in [3.63, 3.8) is 0 Å². The maximum atomic E-state index is 6.10. The van der Waals surface area contributed by atoms with Crippen molar-refractivity contribution >= 4 is 15.9 Å². The van der Waals surface area contributed by atoms with Crippen LogP contribution in [0.2, 0.25) is 0 Å². The summed E-state index contributed by atoms with van der Waals surface area (Å²) in [4.78, 5) is 0. The summed E-state index contributed by atoms with van der Waals surface area (Å²) >= 11 is 3.48. The summed E-state index contributed by atoms with van der Waals surface area (Å²) in [5, 5.41) is 0. The standard InChI is InChI=1S/C14H19BrO/c1-11-10-12(15)8-9-14(11)16-13-6-4-2-3-5-7-13/h8-10,13H,2-7H2,1H3. The van der Waals surface area contributed by atoms with Gasteiger partial charge in [-0.15, -0.1) is 0 Å². The Morgan fingerprint density at radius 3 is 2.44 bits per heavy atom. The van der Waals surface area contributed by atoms with Gasteiger partial charge in [0.1, 0.15) is 5.75 Å². The minimum Gasteiger partial charge on any atom is -0.490 e. The van der Waals surface area contributed by atoms with Gasteiger partial charge in [0.2, 0.25) is 0 Å².